The van der Waals surface area contributed by atoms with Gasteiger partial charge < -0.3 is 14.8 Å². The van der Waals surface area contributed by atoms with Crippen LogP contribution in [0.2, 0.25) is 0 Å². The molecular weight excluding hydrogens is 354 g/mol. The molecule has 0 bridgehead atoms. The van der Waals surface area contributed by atoms with Gasteiger partial charge in [0, 0.05) is 18.3 Å². The number of carbonyl (C=O) groups is 4. The van der Waals surface area contributed by atoms with Crippen molar-refractivity contribution in [3.8, 4) is 11.5 Å². The number of hydrogen-bond acceptors (Lipinski definition) is 6. The number of ether oxygens (including phenoxy) is 2. The van der Waals surface area contributed by atoms with E-state index in [0.717, 1.165) is 4.90 Å². The predicted octanol–water partition coefficient (Wildman–Crippen LogP) is 1.40. The molecule has 1 fully saturated rings. The summed E-state index contributed by atoms with van der Waals surface area (Å²) >= 11 is 0. The molecule has 0 unspecified atom stereocenters. The quantitative estimate of drug-likeness (QED) is 0.397. The fourth-order valence-corrected chi connectivity index (χ4v) is 2.45. The Hall–Kier alpha value is -3.36. The standard InChI is InChI=1S/C18H21N3O6/c1-4-9-20-16(23)17(24)21(18(20)25)11-15(22)19-12-7-8-13(26-5-2)14(10-12)27-6-3/h4,7-8,10H,1,5-6,9,11H2,2-3H3,(H,19,22). The Kier molecular flexibility index (Phi) is 6.53. The van der Waals surface area contributed by atoms with Gasteiger partial charge in [-0.3, -0.25) is 19.3 Å². The third-order valence-corrected chi connectivity index (χ3v) is 3.58. The lowest BCUT2D eigenvalue weighted by molar-refractivity contribution is -0.143. The zero-order valence-corrected chi connectivity index (χ0v) is 15.2. The summed E-state index contributed by atoms with van der Waals surface area (Å²) in [6, 6.07) is 3.98. The van der Waals surface area contributed by atoms with Gasteiger partial charge in [0.25, 0.3) is 0 Å². The molecule has 144 valence electrons. The number of rotatable bonds is 9. The van der Waals surface area contributed by atoms with Crippen LogP contribution in [-0.2, 0) is 14.4 Å². The Bertz CT molecular complexity index is 776. The zero-order chi connectivity index (χ0) is 20.0. The largest absolute Gasteiger partial charge is 0.490 e. The summed E-state index contributed by atoms with van der Waals surface area (Å²) in [5.41, 5.74) is 0.403. The third kappa shape index (κ3) is 4.43. The van der Waals surface area contributed by atoms with Gasteiger partial charge in [-0.05, 0) is 26.0 Å². The average Bonchev–Trinajstić information content (AvgIpc) is 2.82. The molecule has 2 rings (SSSR count). The van der Waals surface area contributed by atoms with E-state index < -0.39 is 30.3 Å². The van der Waals surface area contributed by atoms with E-state index in [4.69, 9.17) is 9.47 Å². The van der Waals surface area contributed by atoms with Crippen molar-refractivity contribution in [2.45, 2.75) is 13.8 Å². The minimum absolute atomic E-state index is 0.0991. The predicted molar refractivity (Wildman–Crippen MR) is 96.4 cm³/mol. The topological polar surface area (TPSA) is 105 Å². The van der Waals surface area contributed by atoms with Crippen molar-refractivity contribution in [2.75, 3.05) is 31.6 Å². The zero-order valence-electron chi connectivity index (χ0n) is 15.2. The molecule has 5 amide bonds. The number of hydrogen-bond donors (Lipinski definition) is 1. The maximum Gasteiger partial charge on any atom is 0.335 e. The highest BCUT2D eigenvalue weighted by atomic mass is 16.5. The molecule has 1 aromatic carbocycles. The highest BCUT2D eigenvalue weighted by Gasteiger charge is 2.44. The van der Waals surface area contributed by atoms with E-state index in [-0.39, 0.29) is 6.54 Å². The van der Waals surface area contributed by atoms with Crippen molar-refractivity contribution in [1.29, 1.82) is 0 Å². The van der Waals surface area contributed by atoms with Crippen molar-refractivity contribution in [2.24, 2.45) is 0 Å². The molecule has 1 N–H and O–H groups in total. The van der Waals surface area contributed by atoms with Crippen LogP contribution in [0.5, 0.6) is 11.5 Å². The van der Waals surface area contributed by atoms with Crippen LogP contribution >= 0.6 is 0 Å². The van der Waals surface area contributed by atoms with Crippen molar-refractivity contribution >= 4 is 29.4 Å². The van der Waals surface area contributed by atoms with Crippen LogP contribution in [0.4, 0.5) is 10.5 Å². The lowest BCUT2D eigenvalue weighted by Crippen LogP contribution is -2.39. The van der Waals surface area contributed by atoms with Gasteiger partial charge in [-0.15, -0.1) is 6.58 Å². The molecular formula is C18H21N3O6. The Morgan fingerprint density at radius 2 is 1.70 bits per heavy atom. The molecule has 1 aliphatic rings. The molecule has 1 heterocycles. The number of urea groups is 1. The SMILES string of the molecule is C=CCN1C(=O)C(=O)N(CC(=O)Nc2ccc(OCC)c(OCC)c2)C1=O. The van der Waals surface area contributed by atoms with Gasteiger partial charge in [-0.1, -0.05) is 6.08 Å². The first-order chi connectivity index (χ1) is 12.9. The van der Waals surface area contributed by atoms with Crippen molar-refractivity contribution in [1.82, 2.24) is 9.80 Å². The van der Waals surface area contributed by atoms with Gasteiger partial charge in [0.05, 0.1) is 13.2 Å². The number of amides is 5. The summed E-state index contributed by atoms with van der Waals surface area (Å²) in [6.45, 7) is 7.28. The first-order valence-corrected chi connectivity index (χ1v) is 8.40. The molecule has 0 saturated carbocycles. The first-order valence-electron chi connectivity index (χ1n) is 8.40. The van der Waals surface area contributed by atoms with E-state index in [1.165, 1.54) is 6.08 Å². The molecule has 0 atom stereocenters. The summed E-state index contributed by atoms with van der Waals surface area (Å²) in [5, 5.41) is 2.57. The third-order valence-electron chi connectivity index (χ3n) is 3.58. The highest BCUT2D eigenvalue weighted by Crippen LogP contribution is 2.30. The molecule has 1 aromatic rings. The fourth-order valence-electron chi connectivity index (χ4n) is 2.45. The molecule has 9 heteroatoms. The number of carbonyl (C=O) groups excluding carboxylic acids is 4. The van der Waals surface area contributed by atoms with E-state index in [0.29, 0.717) is 35.3 Å². The van der Waals surface area contributed by atoms with Crippen LogP contribution < -0.4 is 14.8 Å². The van der Waals surface area contributed by atoms with E-state index in [9.17, 15) is 19.2 Å². The van der Waals surface area contributed by atoms with Crippen LogP contribution in [0.1, 0.15) is 13.8 Å². The second-order valence-electron chi connectivity index (χ2n) is 5.45. The summed E-state index contributed by atoms with van der Waals surface area (Å²) in [6.07, 6.45) is 1.32. The minimum Gasteiger partial charge on any atom is -0.490 e. The van der Waals surface area contributed by atoms with E-state index in [1.807, 2.05) is 13.8 Å². The Labute approximate surface area is 156 Å². The van der Waals surface area contributed by atoms with Gasteiger partial charge in [-0.2, -0.15) is 0 Å². The Morgan fingerprint density at radius 1 is 1.07 bits per heavy atom. The summed E-state index contributed by atoms with van der Waals surface area (Å²) in [5.74, 6) is -1.66. The highest BCUT2D eigenvalue weighted by molar-refractivity contribution is 6.45. The van der Waals surface area contributed by atoms with E-state index in [2.05, 4.69) is 11.9 Å². The average molecular weight is 375 g/mol. The lowest BCUT2D eigenvalue weighted by Gasteiger charge is -2.15. The lowest BCUT2D eigenvalue weighted by atomic mass is 10.2. The molecule has 27 heavy (non-hydrogen) atoms. The van der Waals surface area contributed by atoms with Gasteiger partial charge in [-0.25, -0.2) is 9.69 Å². The van der Waals surface area contributed by atoms with Crippen molar-refractivity contribution in [3.63, 3.8) is 0 Å². The van der Waals surface area contributed by atoms with Crippen LogP contribution in [0.15, 0.2) is 30.9 Å². The van der Waals surface area contributed by atoms with Gasteiger partial charge in [0.1, 0.15) is 6.54 Å². The maximum atomic E-state index is 12.2. The number of benzene rings is 1. The summed E-state index contributed by atoms with van der Waals surface area (Å²) in [7, 11) is 0. The molecule has 1 aliphatic heterocycles. The van der Waals surface area contributed by atoms with Gasteiger partial charge in [0.2, 0.25) is 5.91 Å². The van der Waals surface area contributed by atoms with Crippen LogP contribution in [0.25, 0.3) is 0 Å². The molecule has 0 aromatic heterocycles. The molecule has 0 radical (unpaired) electrons. The minimum atomic E-state index is -1.04. The maximum absolute atomic E-state index is 12.2. The number of nitrogens with one attached hydrogen (secondary N) is 1. The van der Waals surface area contributed by atoms with E-state index >= 15 is 0 Å². The first kappa shape index (κ1) is 20.0. The molecule has 1 saturated heterocycles. The molecule has 0 spiro atoms. The molecule has 9 nitrogen and oxygen atoms in total. The molecule has 0 aliphatic carbocycles. The summed E-state index contributed by atoms with van der Waals surface area (Å²) < 4.78 is 10.9. The Morgan fingerprint density at radius 3 is 2.33 bits per heavy atom. The second kappa shape index (κ2) is 8.84. The summed E-state index contributed by atoms with van der Waals surface area (Å²) in [4.78, 5) is 49.3. The number of imide groups is 2. The van der Waals surface area contributed by atoms with Gasteiger partial charge >= 0.3 is 17.8 Å². The second-order valence-corrected chi connectivity index (χ2v) is 5.45. The smallest absolute Gasteiger partial charge is 0.335 e. The van der Waals surface area contributed by atoms with Crippen LogP contribution in [0.3, 0.4) is 0 Å². The van der Waals surface area contributed by atoms with Crippen molar-refractivity contribution in [3.05, 3.63) is 30.9 Å². The Balaban J connectivity index is 2.08. The fraction of sp³-hybridized carbons (Fsp3) is 0.333. The monoisotopic (exact) mass is 375 g/mol. The number of nitrogens with zero attached hydrogens (tertiary/aromatic N) is 2. The number of anilines is 1. The van der Waals surface area contributed by atoms with Crippen LogP contribution in [0, 0.1) is 0 Å². The van der Waals surface area contributed by atoms with Crippen LogP contribution in [-0.4, -0.2) is 59.9 Å². The van der Waals surface area contributed by atoms with Crippen molar-refractivity contribution < 1.29 is 28.7 Å². The van der Waals surface area contributed by atoms with E-state index in [1.54, 1.807) is 18.2 Å². The van der Waals surface area contributed by atoms with Gasteiger partial charge in [0.15, 0.2) is 11.5 Å². The normalized spacial score (nSPS) is 13.8.